The molecule has 0 saturated carbocycles. The van der Waals surface area contributed by atoms with Gasteiger partial charge in [0.2, 0.25) is 0 Å². The molecule has 0 amide bonds. The molecule has 4 rings (SSSR count). The number of H-pyrrole nitrogens is 1. The Kier molecular flexibility index (Phi) is 5.67. The number of anilines is 1. The van der Waals surface area contributed by atoms with E-state index in [4.69, 9.17) is 11.1 Å². The first kappa shape index (κ1) is 19.9. The monoisotopic (exact) mass is 408 g/mol. The van der Waals surface area contributed by atoms with Crippen LogP contribution in [0.25, 0.3) is 17.5 Å². The Morgan fingerprint density at radius 1 is 1.13 bits per heavy atom. The van der Waals surface area contributed by atoms with E-state index in [9.17, 15) is 8.78 Å². The molecular weight excluding hydrogens is 386 g/mol. The van der Waals surface area contributed by atoms with Gasteiger partial charge < -0.3 is 16.5 Å². The molecule has 1 aromatic heterocycles. The van der Waals surface area contributed by atoms with E-state index in [-0.39, 0.29) is 34.5 Å². The minimum absolute atomic E-state index is 0.104. The van der Waals surface area contributed by atoms with Crippen molar-refractivity contribution in [2.24, 2.45) is 0 Å². The molecule has 0 unspecified atom stereocenters. The number of hydrogen-bond donors (Lipinski definition) is 4. The maximum atomic E-state index is 14.6. The fourth-order valence-electron chi connectivity index (χ4n) is 3.51. The summed E-state index contributed by atoms with van der Waals surface area (Å²) < 4.78 is 27.6. The molecule has 154 valence electrons. The van der Waals surface area contributed by atoms with Crippen molar-refractivity contribution >= 4 is 17.5 Å². The minimum atomic E-state index is -0.539. The predicted molar refractivity (Wildman–Crippen MR) is 113 cm³/mol. The first-order valence-electron chi connectivity index (χ1n) is 9.76. The maximum Gasteiger partial charge on any atom is 0.184 e. The van der Waals surface area contributed by atoms with E-state index in [2.05, 4.69) is 20.5 Å². The molecule has 0 atom stereocenters. The second-order valence-electron chi connectivity index (χ2n) is 7.29. The van der Waals surface area contributed by atoms with Crippen molar-refractivity contribution < 1.29 is 8.78 Å². The summed E-state index contributed by atoms with van der Waals surface area (Å²) in [6.07, 6.45) is 5.11. The molecule has 8 heteroatoms. The van der Waals surface area contributed by atoms with Gasteiger partial charge in [-0.3, -0.25) is 5.10 Å². The summed E-state index contributed by atoms with van der Waals surface area (Å²) in [6, 6.07) is 8.58. The summed E-state index contributed by atoms with van der Waals surface area (Å²) in [5.74, 6) is 0.390. The van der Waals surface area contributed by atoms with Gasteiger partial charge in [0.15, 0.2) is 5.82 Å². The molecular formula is C22H22F2N6. The largest absolute Gasteiger partial charge is 0.398 e. The number of nitrogens with zero attached hydrogens (tertiary/aromatic N) is 2. The molecule has 1 aliphatic rings. The van der Waals surface area contributed by atoms with Crippen molar-refractivity contribution in [2.45, 2.75) is 18.8 Å². The molecule has 30 heavy (non-hydrogen) atoms. The highest BCUT2D eigenvalue weighted by atomic mass is 19.1. The number of benzene rings is 2. The van der Waals surface area contributed by atoms with E-state index in [1.165, 1.54) is 24.3 Å². The number of aromatic amines is 1. The Morgan fingerprint density at radius 2 is 1.87 bits per heavy atom. The number of halogens is 2. The number of aromatic nitrogens is 3. The quantitative estimate of drug-likeness (QED) is 0.380. The van der Waals surface area contributed by atoms with Crippen LogP contribution in [0.1, 0.15) is 35.7 Å². The van der Waals surface area contributed by atoms with Crippen molar-refractivity contribution in [1.82, 2.24) is 20.5 Å². The van der Waals surface area contributed by atoms with Crippen LogP contribution in [0.4, 0.5) is 14.5 Å². The maximum absolute atomic E-state index is 14.6. The highest BCUT2D eigenvalue weighted by Gasteiger charge is 2.21. The summed E-state index contributed by atoms with van der Waals surface area (Å²) in [5.41, 5.74) is 7.52. The van der Waals surface area contributed by atoms with Gasteiger partial charge in [0.05, 0.1) is 11.3 Å². The van der Waals surface area contributed by atoms with Gasteiger partial charge in [-0.1, -0.05) is 18.2 Å². The van der Waals surface area contributed by atoms with E-state index in [1.54, 1.807) is 24.3 Å². The van der Waals surface area contributed by atoms with Gasteiger partial charge in [0.25, 0.3) is 0 Å². The van der Waals surface area contributed by atoms with E-state index < -0.39 is 5.82 Å². The fourth-order valence-corrected chi connectivity index (χ4v) is 3.51. The number of nitrogens with two attached hydrogens (primary N) is 1. The molecule has 0 bridgehead atoms. The van der Waals surface area contributed by atoms with Crippen LogP contribution in [-0.2, 0) is 0 Å². The van der Waals surface area contributed by atoms with Gasteiger partial charge >= 0.3 is 0 Å². The lowest BCUT2D eigenvalue weighted by atomic mass is 9.97. The average Bonchev–Trinajstić information content (AvgIpc) is 3.24. The number of nitrogen functional groups attached to an aromatic ring is 1. The Morgan fingerprint density at radius 3 is 2.60 bits per heavy atom. The zero-order valence-electron chi connectivity index (χ0n) is 16.3. The Labute approximate surface area is 172 Å². The van der Waals surface area contributed by atoms with Crippen LogP contribution in [0.3, 0.4) is 0 Å². The normalized spacial score (nSPS) is 15.0. The SMILES string of the molecule is N=C(/C=C/c1ccc(F)cc1)c1cc(-c2n[nH]c(C3CCNCC3)n2)c(F)cc1N. The summed E-state index contributed by atoms with van der Waals surface area (Å²) in [7, 11) is 0. The van der Waals surface area contributed by atoms with Gasteiger partial charge in [-0.2, -0.15) is 5.10 Å². The molecule has 1 fully saturated rings. The second kappa shape index (κ2) is 8.54. The lowest BCUT2D eigenvalue weighted by Gasteiger charge is -2.19. The van der Waals surface area contributed by atoms with Crippen molar-refractivity contribution in [1.29, 1.82) is 5.41 Å². The Hall–Kier alpha value is -3.39. The minimum Gasteiger partial charge on any atom is -0.398 e. The van der Waals surface area contributed by atoms with Gasteiger partial charge in [-0.15, -0.1) is 0 Å². The van der Waals surface area contributed by atoms with Crippen molar-refractivity contribution in [2.75, 3.05) is 18.8 Å². The summed E-state index contributed by atoms with van der Waals surface area (Å²) >= 11 is 0. The van der Waals surface area contributed by atoms with Crippen molar-refractivity contribution in [3.63, 3.8) is 0 Å². The number of piperidine rings is 1. The standard InChI is InChI=1S/C22H22F2N6/c23-15-4-1-13(2-5-15)3-6-19(25)17-11-16(18(24)12-20(17)26)22-28-21(29-30-22)14-7-9-27-10-8-14/h1-6,11-12,14,25,27H,7-10,26H2,(H,28,29,30)/b6-3+,25-19?. The van der Waals surface area contributed by atoms with Crippen molar-refractivity contribution in [3.05, 3.63) is 71.1 Å². The van der Waals surface area contributed by atoms with E-state index in [1.807, 2.05) is 0 Å². The predicted octanol–water partition coefficient (Wildman–Crippen LogP) is 3.88. The molecule has 5 N–H and O–H groups in total. The zero-order valence-corrected chi connectivity index (χ0v) is 16.3. The molecule has 0 spiro atoms. The lowest BCUT2D eigenvalue weighted by Crippen LogP contribution is -2.27. The molecule has 3 aromatic rings. The first-order chi connectivity index (χ1) is 14.5. The van der Waals surface area contributed by atoms with Crippen LogP contribution in [0.2, 0.25) is 0 Å². The molecule has 2 heterocycles. The van der Waals surface area contributed by atoms with Gasteiger partial charge in [0.1, 0.15) is 17.5 Å². The Balaban J connectivity index is 1.60. The van der Waals surface area contributed by atoms with Crippen LogP contribution in [-0.4, -0.2) is 34.0 Å². The average molecular weight is 408 g/mol. The van der Waals surface area contributed by atoms with Gasteiger partial charge in [-0.05, 0) is 61.8 Å². The van der Waals surface area contributed by atoms with Gasteiger partial charge in [-0.25, -0.2) is 13.8 Å². The third-order valence-corrected chi connectivity index (χ3v) is 5.21. The number of hydrogen-bond acceptors (Lipinski definition) is 5. The summed E-state index contributed by atoms with van der Waals surface area (Å²) in [5, 5.41) is 18.8. The molecule has 6 nitrogen and oxygen atoms in total. The number of nitrogens with one attached hydrogen (secondary N) is 3. The van der Waals surface area contributed by atoms with Crippen molar-refractivity contribution in [3.8, 4) is 11.4 Å². The number of rotatable bonds is 5. The topological polar surface area (TPSA) is 103 Å². The number of allylic oxidation sites excluding steroid dienone is 1. The summed E-state index contributed by atoms with van der Waals surface area (Å²) in [6.45, 7) is 1.83. The molecule has 2 aromatic carbocycles. The van der Waals surface area contributed by atoms with Crippen LogP contribution < -0.4 is 11.1 Å². The molecule has 0 aliphatic carbocycles. The summed E-state index contributed by atoms with van der Waals surface area (Å²) in [4.78, 5) is 4.50. The smallest absolute Gasteiger partial charge is 0.184 e. The highest BCUT2D eigenvalue weighted by molar-refractivity contribution is 6.12. The van der Waals surface area contributed by atoms with Crippen LogP contribution in [0, 0.1) is 17.0 Å². The first-order valence-corrected chi connectivity index (χ1v) is 9.76. The van der Waals surface area contributed by atoms with Crippen LogP contribution in [0.15, 0.2) is 42.5 Å². The van der Waals surface area contributed by atoms with E-state index in [0.29, 0.717) is 5.56 Å². The van der Waals surface area contributed by atoms with Crippen LogP contribution >= 0.6 is 0 Å². The molecule has 1 saturated heterocycles. The Bertz CT molecular complexity index is 1080. The van der Waals surface area contributed by atoms with E-state index in [0.717, 1.165) is 37.3 Å². The third-order valence-electron chi connectivity index (χ3n) is 5.21. The molecule has 1 aliphatic heterocycles. The van der Waals surface area contributed by atoms with E-state index >= 15 is 0 Å². The lowest BCUT2D eigenvalue weighted by molar-refractivity contribution is 0.446. The molecule has 0 radical (unpaired) electrons. The third kappa shape index (κ3) is 4.28. The zero-order chi connectivity index (χ0) is 21.1. The second-order valence-corrected chi connectivity index (χ2v) is 7.29. The fraction of sp³-hybridized carbons (Fsp3) is 0.227. The van der Waals surface area contributed by atoms with Crippen LogP contribution in [0.5, 0.6) is 0 Å². The van der Waals surface area contributed by atoms with Gasteiger partial charge in [0, 0.05) is 17.2 Å². The highest BCUT2D eigenvalue weighted by Crippen LogP contribution is 2.28.